The van der Waals surface area contributed by atoms with Gasteiger partial charge in [-0.2, -0.15) is 5.26 Å². The van der Waals surface area contributed by atoms with Crippen LogP contribution in [0.5, 0.6) is 0 Å². The number of hydrogen-bond donors (Lipinski definition) is 1. The molecule has 150 valence electrons. The number of amides is 2. The molecule has 0 aliphatic carbocycles. The zero-order valence-corrected chi connectivity index (χ0v) is 17.4. The predicted octanol–water partition coefficient (Wildman–Crippen LogP) is 5.24. The molecule has 4 aromatic rings. The summed E-state index contributed by atoms with van der Waals surface area (Å²) in [5, 5.41) is 15.9. The average molecular weight is 424 g/mol. The Labute approximate surface area is 182 Å². The Bertz CT molecular complexity index is 1370. The molecule has 5 rings (SSSR count). The molecule has 0 spiro atoms. The largest absolute Gasteiger partial charge is 0.341 e. The molecule has 1 aliphatic rings. The van der Waals surface area contributed by atoms with Crippen molar-refractivity contribution in [2.75, 3.05) is 0 Å². The Balaban J connectivity index is 1.55. The van der Waals surface area contributed by atoms with Crippen molar-refractivity contribution in [1.82, 2.24) is 15.3 Å². The second kappa shape index (κ2) is 7.74. The summed E-state index contributed by atoms with van der Waals surface area (Å²) >= 11 is 1.53. The van der Waals surface area contributed by atoms with E-state index in [0.717, 1.165) is 32.9 Å². The summed E-state index contributed by atoms with van der Waals surface area (Å²) in [6.45, 7) is 1.86. The van der Waals surface area contributed by atoms with Crippen molar-refractivity contribution < 1.29 is 4.79 Å². The van der Waals surface area contributed by atoms with Gasteiger partial charge in [0, 0.05) is 22.0 Å². The summed E-state index contributed by atoms with van der Waals surface area (Å²) in [6.07, 6.45) is 0. The van der Waals surface area contributed by atoms with E-state index in [0.29, 0.717) is 11.3 Å². The first-order chi connectivity index (χ1) is 15.1. The Morgan fingerprint density at radius 1 is 1.03 bits per heavy atom. The standard InChI is InChI=1S/C24H17N5OS/c1-14-21(23-28-20(13-31-23)17-8-6-15(12-25)7-9-17)22(29-24(30)26-14)19-11-10-16-4-2-3-5-18(16)27-19/h2-11,13,21-22H,1H3,(H,29,30). The Morgan fingerprint density at radius 2 is 1.84 bits per heavy atom. The van der Waals surface area contributed by atoms with E-state index < -0.39 is 0 Å². The maximum absolute atomic E-state index is 12.2. The lowest BCUT2D eigenvalue weighted by Gasteiger charge is -2.29. The van der Waals surface area contributed by atoms with Gasteiger partial charge in [-0.15, -0.1) is 11.3 Å². The van der Waals surface area contributed by atoms with Crippen LogP contribution in [-0.4, -0.2) is 21.7 Å². The lowest BCUT2D eigenvalue weighted by molar-refractivity contribution is 0.242. The number of fused-ring (bicyclic) bond motifs is 1. The number of aromatic nitrogens is 2. The number of nitrogens with zero attached hydrogens (tertiary/aromatic N) is 4. The molecule has 3 heterocycles. The second-order valence-electron chi connectivity index (χ2n) is 7.35. The van der Waals surface area contributed by atoms with E-state index in [4.69, 9.17) is 15.2 Å². The zero-order valence-electron chi connectivity index (χ0n) is 16.6. The SMILES string of the molecule is CC1=NC(=O)NC(c2ccc3ccccc3n2)C1c1nc(-c2ccc(C#N)cc2)cs1. The fourth-order valence-corrected chi connectivity index (χ4v) is 4.84. The van der Waals surface area contributed by atoms with Gasteiger partial charge in [-0.3, -0.25) is 4.98 Å². The van der Waals surface area contributed by atoms with Crippen LogP contribution < -0.4 is 5.32 Å². The Hall–Kier alpha value is -3.89. The van der Waals surface area contributed by atoms with E-state index in [-0.39, 0.29) is 18.0 Å². The topological polar surface area (TPSA) is 91.0 Å². The molecule has 2 amide bonds. The fraction of sp³-hybridized carbons (Fsp3) is 0.125. The zero-order chi connectivity index (χ0) is 21.4. The van der Waals surface area contributed by atoms with Crippen LogP contribution in [0.1, 0.15) is 35.1 Å². The van der Waals surface area contributed by atoms with Gasteiger partial charge in [0.25, 0.3) is 0 Å². The Kier molecular flexibility index (Phi) is 4.77. The van der Waals surface area contributed by atoms with Crippen LogP contribution in [-0.2, 0) is 0 Å². The van der Waals surface area contributed by atoms with E-state index in [1.54, 1.807) is 12.1 Å². The highest BCUT2D eigenvalue weighted by Gasteiger charge is 2.35. The van der Waals surface area contributed by atoms with Gasteiger partial charge in [-0.05, 0) is 31.2 Å². The third kappa shape index (κ3) is 3.58. The average Bonchev–Trinajstić information content (AvgIpc) is 3.28. The molecule has 2 aromatic heterocycles. The molecule has 0 bridgehead atoms. The van der Waals surface area contributed by atoms with Crippen LogP contribution in [0, 0.1) is 11.3 Å². The van der Waals surface area contributed by atoms with Gasteiger partial charge < -0.3 is 5.32 Å². The molecule has 0 saturated heterocycles. The third-order valence-corrected chi connectivity index (χ3v) is 6.30. The summed E-state index contributed by atoms with van der Waals surface area (Å²) in [6, 6.07) is 20.6. The van der Waals surface area contributed by atoms with E-state index in [9.17, 15) is 4.79 Å². The number of aliphatic imine (C=N–C) groups is 1. The first-order valence-electron chi connectivity index (χ1n) is 9.80. The Morgan fingerprint density at radius 3 is 2.65 bits per heavy atom. The number of nitrogens with one attached hydrogen (secondary N) is 1. The summed E-state index contributed by atoms with van der Waals surface area (Å²) in [7, 11) is 0. The number of carbonyl (C=O) groups excluding carboxylic acids is 1. The summed E-state index contributed by atoms with van der Waals surface area (Å²) in [4.78, 5) is 26.0. The maximum atomic E-state index is 12.2. The van der Waals surface area contributed by atoms with E-state index in [1.165, 1.54) is 11.3 Å². The van der Waals surface area contributed by atoms with Gasteiger partial charge in [0.15, 0.2) is 0 Å². The fourth-order valence-electron chi connectivity index (χ4n) is 3.82. The first-order valence-corrected chi connectivity index (χ1v) is 10.7. The van der Waals surface area contributed by atoms with Crippen LogP contribution in [0.15, 0.2) is 71.0 Å². The minimum absolute atomic E-state index is 0.205. The number of hydrogen-bond acceptors (Lipinski definition) is 5. The number of thiazole rings is 1. The minimum Gasteiger partial charge on any atom is -0.327 e. The van der Waals surface area contributed by atoms with Gasteiger partial charge in [0.2, 0.25) is 0 Å². The quantitative estimate of drug-likeness (QED) is 0.488. The lowest BCUT2D eigenvalue weighted by Crippen LogP contribution is -2.39. The van der Waals surface area contributed by atoms with Gasteiger partial charge >= 0.3 is 6.03 Å². The monoisotopic (exact) mass is 423 g/mol. The smallest absolute Gasteiger partial charge is 0.327 e. The van der Waals surface area contributed by atoms with E-state index in [1.807, 2.05) is 60.8 Å². The molecule has 0 saturated carbocycles. The van der Waals surface area contributed by atoms with Gasteiger partial charge in [0.05, 0.1) is 40.5 Å². The van der Waals surface area contributed by atoms with Gasteiger partial charge in [-0.25, -0.2) is 14.8 Å². The normalized spacial score (nSPS) is 18.3. The number of para-hydroxylation sites is 1. The minimum atomic E-state index is -0.363. The first kappa shape index (κ1) is 19.1. The molecular weight excluding hydrogens is 406 g/mol. The molecule has 1 N–H and O–H groups in total. The van der Waals surface area contributed by atoms with Gasteiger partial charge in [-0.1, -0.05) is 36.4 Å². The molecule has 31 heavy (non-hydrogen) atoms. The van der Waals surface area contributed by atoms with Crippen molar-refractivity contribution in [2.45, 2.75) is 18.9 Å². The number of benzene rings is 2. The molecule has 0 radical (unpaired) electrons. The summed E-state index contributed by atoms with van der Waals surface area (Å²) in [5.74, 6) is -0.205. The number of carbonyl (C=O) groups is 1. The number of urea groups is 1. The molecule has 2 aromatic carbocycles. The maximum Gasteiger partial charge on any atom is 0.341 e. The third-order valence-electron chi connectivity index (χ3n) is 5.38. The van der Waals surface area contributed by atoms with Crippen molar-refractivity contribution in [3.8, 4) is 17.3 Å². The van der Waals surface area contributed by atoms with Crippen LogP contribution in [0.2, 0.25) is 0 Å². The second-order valence-corrected chi connectivity index (χ2v) is 8.24. The van der Waals surface area contributed by atoms with Crippen molar-refractivity contribution in [2.24, 2.45) is 4.99 Å². The number of pyridine rings is 1. The number of nitriles is 1. The highest BCUT2D eigenvalue weighted by Crippen LogP contribution is 2.37. The molecule has 7 heteroatoms. The number of rotatable bonds is 3. The highest BCUT2D eigenvalue weighted by molar-refractivity contribution is 7.10. The molecular formula is C24H17N5OS. The van der Waals surface area contributed by atoms with E-state index in [2.05, 4.69) is 16.4 Å². The molecule has 1 aliphatic heterocycles. The predicted molar refractivity (Wildman–Crippen MR) is 121 cm³/mol. The van der Waals surface area contributed by atoms with E-state index >= 15 is 0 Å². The van der Waals surface area contributed by atoms with Crippen molar-refractivity contribution in [3.05, 3.63) is 82.3 Å². The molecule has 6 nitrogen and oxygen atoms in total. The van der Waals surface area contributed by atoms with Crippen LogP contribution in [0.3, 0.4) is 0 Å². The highest BCUT2D eigenvalue weighted by atomic mass is 32.1. The summed E-state index contributed by atoms with van der Waals surface area (Å²) < 4.78 is 0. The van der Waals surface area contributed by atoms with Crippen LogP contribution >= 0.6 is 11.3 Å². The molecule has 2 atom stereocenters. The lowest BCUT2D eigenvalue weighted by atomic mass is 9.91. The van der Waals surface area contributed by atoms with Crippen molar-refractivity contribution in [1.29, 1.82) is 5.26 Å². The van der Waals surface area contributed by atoms with Crippen molar-refractivity contribution in [3.63, 3.8) is 0 Å². The van der Waals surface area contributed by atoms with Crippen LogP contribution in [0.25, 0.3) is 22.2 Å². The van der Waals surface area contributed by atoms with Crippen molar-refractivity contribution >= 4 is 34.0 Å². The summed E-state index contributed by atoms with van der Waals surface area (Å²) in [5.41, 5.74) is 4.76. The molecule has 2 unspecified atom stereocenters. The van der Waals surface area contributed by atoms with Gasteiger partial charge in [0.1, 0.15) is 5.01 Å². The molecule has 0 fully saturated rings. The van der Waals surface area contributed by atoms with Crippen LogP contribution in [0.4, 0.5) is 4.79 Å².